The second-order valence-electron chi connectivity index (χ2n) is 14.7. The molecule has 0 saturated carbocycles. The molecule has 0 atom stereocenters. The molecule has 2 nitrogen and oxygen atoms in total. The van der Waals surface area contributed by atoms with Gasteiger partial charge in [0.25, 0.3) is 0 Å². The van der Waals surface area contributed by atoms with Crippen molar-refractivity contribution in [1.82, 2.24) is 9.97 Å². The Morgan fingerprint density at radius 1 is 0.706 bits per heavy atom. The summed E-state index contributed by atoms with van der Waals surface area (Å²) in [5, 5.41) is 6.06. The largest absolute Gasteiger partial charge is 0 e. The summed E-state index contributed by atoms with van der Waals surface area (Å²) in [6.45, 7) is 7.12. The number of aromatic nitrogens is 2. The van der Waals surface area contributed by atoms with E-state index >= 15 is 0 Å². The van der Waals surface area contributed by atoms with Gasteiger partial charge in [0.2, 0.25) is 0 Å². The van der Waals surface area contributed by atoms with Crippen LogP contribution >= 0.6 is 11.3 Å². The Balaban J connectivity index is 0.000000238. The molecule has 0 aliphatic heterocycles. The van der Waals surface area contributed by atoms with E-state index in [-0.39, 0.29) is 20.1 Å². The maximum atomic E-state index is 9.01. The second-order valence-corrected chi connectivity index (χ2v) is 31.5. The van der Waals surface area contributed by atoms with Crippen molar-refractivity contribution in [2.45, 2.75) is 43.3 Å². The maximum Gasteiger partial charge on any atom is 0 e. The molecule has 0 amide bonds. The number of nitrogens with zero attached hydrogens (tertiary/aromatic N) is 2. The molecule has 1 radical (unpaired) electrons. The zero-order valence-corrected chi connectivity index (χ0v) is 36.1. The fourth-order valence-electron chi connectivity index (χ4n) is 6.03. The molecule has 5 aromatic carbocycles. The Hall–Kier alpha value is -3.71. The Kier molecular flexibility index (Phi) is 10.4. The fraction of sp³-hybridized carbons (Fsp3) is 0.156. The number of thiophene rings is 1. The first-order chi connectivity index (χ1) is 24.8. The Morgan fingerprint density at radius 3 is 2.22 bits per heavy atom. The fourth-order valence-corrected chi connectivity index (χ4v) is 10.7. The quantitative estimate of drug-likeness (QED) is 0.123. The minimum absolute atomic E-state index is 0. The van der Waals surface area contributed by atoms with Gasteiger partial charge in [0.15, 0.2) is 0 Å². The number of rotatable bonds is 6. The van der Waals surface area contributed by atoms with Gasteiger partial charge in [-0.2, -0.15) is 11.3 Å². The number of hydrogen-bond acceptors (Lipinski definition) is 3. The first kappa shape index (κ1) is 34.4. The maximum absolute atomic E-state index is 9.01. The van der Waals surface area contributed by atoms with Crippen molar-refractivity contribution in [2.24, 2.45) is 0 Å². The molecule has 3 aromatic heterocycles. The van der Waals surface area contributed by atoms with Crippen molar-refractivity contribution in [2.75, 3.05) is 0 Å². The van der Waals surface area contributed by atoms with Gasteiger partial charge >= 0.3 is 99.8 Å². The third-order valence-corrected chi connectivity index (χ3v) is 16.5. The molecule has 8 aromatic rings. The smallest absolute Gasteiger partial charge is 0 e. The molecule has 0 saturated heterocycles. The van der Waals surface area contributed by atoms with Crippen LogP contribution in [-0.4, -0.2) is 31.3 Å². The minimum atomic E-state index is -1.72. The standard InChI is InChI=1S/C31H26NSSi.C14H16GeN.Ir/c1-34(2,3)25-13-14-26-27-9-6-10-28(31(27)33-30(26)20-25)29-19-22(15-16-32-29)17-21-11-12-23-7-4-5-8-24(23)18-21;1-15(2,3)13-9-10-14(16-11-13)12-7-5-4-6-8-12;/h4-9,11-16,18-20H,17H2,1-3H3;4-7,9-11H,1-3H3;/q2*-1;/i17D2;;. The van der Waals surface area contributed by atoms with Crippen molar-refractivity contribution >= 4 is 73.2 Å². The van der Waals surface area contributed by atoms with E-state index in [1.54, 1.807) is 23.6 Å². The molecule has 0 aliphatic rings. The van der Waals surface area contributed by atoms with Crippen LogP contribution in [0.3, 0.4) is 0 Å². The molecular formula is C45H42GeIrN2SSi-2. The van der Waals surface area contributed by atoms with Gasteiger partial charge in [0, 0.05) is 33.7 Å². The van der Waals surface area contributed by atoms with Gasteiger partial charge in [-0.3, -0.25) is 0 Å². The molecule has 8 rings (SSSR count). The Bertz CT molecular complexity index is 2520. The number of benzene rings is 5. The van der Waals surface area contributed by atoms with Gasteiger partial charge in [0.05, 0.1) is 8.07 Å². The second kappa shape index (κ2) is 15.5. The summed E-state index contributed by atoms with van der Waals surface area (Å²) in [5.41, 5.74) is 4.99. The van der Waals surface area contributed by atoms with Crippen LogP contribution < -0.4 is 9.58 Å². The van der Waals surface area contributed by atoms with Gasteiger partial charge in [-0.25, -0.2) is 0 Å². The minimum Gasteiger partial charge on any atom is 0 e. The molecular weight excluding hydrogens is 893 g/mol. The molecule has 257 valence electrons. The molecule has 0 fully saturated rings. The predicted octanol–water partition coefficient (Wildman–Crippen LogP) is 11.3. The van der Waals surface area contributed by atoms with E-state index < -0.39 is 27.7 Å². The van der Waals surface area contributed by atoms with Gasteiger partial charge in [-0.15, -0.1) is 23.8 Å². The van der Waals surface area contributed by atoms with Gasteiger partial charge in [-0.1, -0.05) is 90.9 Å². The van der Waals surface area contributed by atoms with Crippen LogP contribution in [0, 0.1) is 12.1 Å². The first-order valence-corrected chi connectivity index (χ1v) is 28.7. The molecule has 0 N–H and O–H groups in total. The van der Waals surface area contributed by atoms with Crippen LogP contribution in [0.15, 0.2) is 134 Å². The van der Waals surface area contributed by atoms with Gasteiger partial charge in [0.1, 0.15) is 0 Å². The molecule has 6 heteroatoms. The van der Waals surface area contributed by atoms with Gasteiger partial charge in [-0.05, 0) is 56.2 Å². The van der Waals surface area contributed by atoms with Gasteiger partial charge < -0.3 is 4.98 Å². The van der Waals surface area contributed by atoms with Crippen LogP contribution in [0.2, 0.25) is 36.9 Å². The van der Waals surface area contributed by atoms with E-state index in [0.29, 0.717) is 11.1 Å². The van der Waals surface area contributed by atoms with Crippen LogP contribution in [0.25, 0.3) is 53.5 Å². The molecule has 51 heavy (non-hydrogen) atoms. The molecule has 0 bridgehead atoms. The normalized spacial score (nSPS) is 12.5. The van der Waals surface area contributed by atoms with E-state index in [4.69, 9.17) is 2.74 Å². The van der Waals surface area contributed by atoms with Crippen molar-refractivity contribution in [3.63, 3.8) is 0 Å². The van der Waals surface area contributed by atoms with Crippen molar-refractivity contribution < 1.29 is 22.8 Å². The molecule has 0 spiro atoms. The predicted molar refractivity (Wildman–Crippen MR) is 223 cm³/mol. The van der Waals surface area contributed by atoms with E-state index in [9.17, 15) is 0 Å². The van der Waals surface area contributed by atoms with Crippen molar-refractivity contribution in [3.8, 4) is 22.5 Å². The van der Waals surface area contributed by atoms with Crippen LogP contribution in [0.4, 0.5) is 0 Å². The topological polar surface area (TPSA) is 25.8 Å². The zero-order chi connectivity index (χ0) is 36.7. The van der Waals surface area contributed by atoms with E-state index in [2.05, 4.69) is 95.4 Å². The van der Waals surface area contributed by atoms with E-state index in [1.807, 2.05) is 85.1 Å². The number of hydrogen-bond donors (Lipinski definition) is 0. The summed E-state index contributed by atoms with van der Waals surface area (Å²) in [7, 11) is -1.41. The third-order valence-electron chi connectivity index (χ3n) is 8.97. The molecule has 0 unspecified atom stereocenters. The third kappa shape index (κ3) is 8.51. The van der Waals surface area contributed by atoms with Crippen molar-refractivity contribution in [3.05, 3.63) is 157 Å². The monoisotopic (exact) mass is 939 g/mol. The summed E-state index contributed by atoms with van der Waals surface area (Å²) >= 11 is 0.0659. The zero-order valence-electron chi connectivity index (χ0n) is 31.8. The van der Waals surface area contributed by atoms with Crippen molar-refractivity contribution in [1.29, 1.82) is 0 Å². The van der Waals surface area contributed by atoms with Crippen LogP contribution in [0.1, 0.15) is 13.9 Å². The summed E-state index contributed by atoms with van der Waals surface area (Å²) in [6.07, 6.45) is 2.10. The van der Waals surface area contributed by atoms with E-state index in [1.165, 1.54) is 25.1 Å². The Labute approximate surface area is 326 Å². The average Bonchev–Trinajstić information content (AvgIpc) is 3.53. The first-order valence-electron chi connectivity index (χ1n) is 18.1. The number of fused-ring (bicyclic) bond motifs is 4. The average molecular weight is 938 g/mol. The SMILES string of the molecule is [2H]C([2H])(c1ccnc(-c2[c-]ccc3c2sc2cc([Si](C)(C)C)ccc23)c1)c1ccc2ccccc2c1.[CH3][Ge]([CH3])([CH3])[c]1ccc(-c2[c-]cccc2)nc1.[Ir]. The summed E-state index contributed by atoms with van der Waals surface area (Å²) < 4.78 is 21.9. The number of pyridine rings is 2. The van der Waals surface area contributed by atoms with Crippen LogP contribution in [0.5, 0.6) is 0 Å². The summed E-state index contributed by atoms with van der Waals surface area (Å²) in [4.78, 5) is 9.19. The summed E-state index contributed by atoms with van der Waals surface area (Å²) in [6, 6.07) is 47.4. The van der Waals surface area contributed by atoms with E-state index in [0.717, 1.165) is 38.0 Å². The van der Waals surface area contributed by atoms with Crippen LogP contribution in [-0.2, 0) is 26.5 Å². The molecule has 0 aliphatic carbocycles. The molecule has 3 heterocycles. The summed E-state index contributed by atoms with van der Waals surface area (Å²) in [5.74, 6) is 7.14. The Morgan fingerprint density at radius 2 is 1.49 bits per heavy atom.